The number of aliphatic imine (C=N–C) groups is 1. The molecule has 1 atom stereocenters. The lowest BCUT2D eigenvalue weighted by Gasteiger charge is -2.12. The fourth-order valence-electron chi connectivity index (χ4n) is 7.39. The molecule has 12 N–H and O–H groups in total. The maximum absolute atomic E-state index is 13.2. The number of rotatable bonds is 23. The van der Waals surface area contributed by atoms with Crippen molar-refractivity contribution >= 4 is 88.0 Å². The molecule has 0 saturated carbocycles. The molecule has 6 aromatic rings. The molecule has 0 saturated heterocycles. The number of aryl methyl sites for hydroxylation is 6. The number of carbonyl (C=O) groups excluding carboxylic acids is 8. The van der Waals surface area contributed by atoms with Crippen LogP contribution in [-0.4, -0.2) is 127 Å². The van der Waals surface area contributed by atoms with Gasteiger partial charge < -0.3 is 81.0 Å². The third-order valence-electron chi connectivity index (χ3n) is 11.1. The van der Waals surface area contributed by atoms with Gasteiger partial charge in [0.1, 0.15) is 23.0 Å². The molecule has 0 spiro atoms. The molecule has 8 amide bonds. The summed E-state index contributed by atoms with van der Waals surface area (Å²) in [6, 6.07) is 3.46. The Balaban J connectivity index is 0.886. The van der Waals surface area contributed by atoms with Crippen molar-refractivity contribution in [3.8, 4) is 0 Å². The highest BCUT2D eigenvalue weighted by Crippen LogP contribution is 2.18. The number of amidine groups is 1. The van der Waals surface area contributed by atoms with Gasteiger partial charge in [-0.1, -0.05) is 6.58 Å². The summed E-state index contributed by atoms with van der Waals surface area (Å²) in [5, 5.41) is 32.3. The molecule has 0 aliphatic heterocycles. The van der Waals surface area contributed by atoms with Crippen molar-refractivity contribution in [3.05, 3.63) is 109 Å². The molecule has 0 aliphatic rings. The van der Waals surface area contributed by atoms with Gasteiger partial charge in [-0.25, -0.2) is 19.9 Å². The van der Waals surface area contributed by atoms with E-state index in [0.717, 1.165) is 0 Å². The summed E-state index contributed by atoms with van der Waals surface area (Å²) in [4.78, 5) is 119. The van der Waals surface area contributed by atoms with Gasteiger partial charge in [0.25, 0.3) is 29.5 Å². The maximum atomic E-state index is 13.2. The SMILES string of the molecule is C=C(/N=C/C)NC(=N)c1cc(NC(=O)CCNC(=O)c2nc(NC(=O)[C@H](N)CCNC(=O)c3cc(NC(=O)c4nc(NC(=O)CCNC(=O)c5cc(NC(=O)c6nccn6C)cn5C)cn4C)cn3C)cn2C)cn1C. The van der Waals surface area contributed by atoms with Crippen molar-refractivity contribution in [1.82, 2.24) is 63.6 Å². The minimum atomic E-state index is -1.08. The highest BCUT2D eigenvalue weighted by Gasteiger charge is 2.22. The van der Waals surface area contributed by atoms with Gasteiger partial charge in [-0.15, -0.1) is 0 Å². The zero-order chi connectivity index (χ0) is 55.4. The van der Waals surface area contributed by atoms with Crippen LogP contribution in [0.4, 0.5) is 28.7 Å². The van der Waals surface area contributed by atoms with E-state index in [1.807, 2.05) is 0 Å². The van der Waals surface area contributed by atoms with Crippen molar-refractivity contribution in [2.75, 3.05) is 46.2 Å². The first kappa shape index (κ1) is 55.4. The Labute approximate surface area is 434 Å². The van der Waals surface area contributed by atoms with Crippen LogP contribution in [-0.2, 0) is 56.7 Å². The van der Waals surface area contributed by atoms with E-state index in [0.29, 0.717) is 17.1 Å². The Hall–Kier alpha value is -9.93. The first-order valence-electron chi connectivity index (χ1n) is 23.3. The highest BCUT2D eigenvalue weighted by molar-refractivity contribution is 6.05. The molecule has 29 heteroatoms. The second-order valence-electron chi connectivity index (χ2n) is 17.1. The Morgan fingerprint density at radius 3 is 1.63 bits per heavy atom. The van der Waals surface area contributed by atoms with E-state index in [2.05, 4.69) is 74.4 Å². The molecule has 0 radical (unpaired) electrons. The fourth-order valence-corrected chi connectivity index (χ4v) is 7.39. The van der Waals surface area contributed by atoms with Gasteiger partial charge in [-0.3, -0.25) is 43.8 Å². The summed E-state index contributed by atoms with van der Waals surface area (Å²) in [5.41, 5.74) is 8.11. The van der Waals surface area contributed by atoms with E-state index in [9.17, 15) is 38.4 Å². The third-order valence-corrected chi connectivity index (χ3v) is 11.1. The van der Waals surface area contributed by atoms with Crippen LogP contribution in [0.5, 0.6) is 0 Å². The van der Waals surface area contributed by atoms with Crippen LogP contribution in [0.3, 0.4) is 0 Å². The normalized spacial score (nSPS) is 11.4. The Morgan fingerprint density at radius 1 is 0.605 bits per heavy atom. The first-order chi connectivity index (χ1) is 36.1. The number of nitrogens with one attached hydrogen (secondary N) is 10. The number of anilines is 5. The number of amides is 8. The zero-order valence-electron chi connectivity index (χ0n) is 42.7. The van der Waals surface area contributed by atoms with Crippen molar-refractivity contribution in [3.63, 3.8) is 0 Å². The van der Waals surface area contributed by atoms with Crippen LogP contribution in [0.2, 0.25) is 0 Å². The lowest BCUT2D eigenvalue weighted by Crippen LogP contribution is -2.39. The van der Waals surface area contributed by atoms with E-state index in [-0.39, 0.29) is 103 Å². The molecule has 6 aromatic heterocycles. The molecule has 0 aromatic carbocycles. The largest absolute Gasteiger partial charge is 0.351 e. The third kappa shape index (κ3) is 14.4. The van der Waals surface area contributed by atoms with Gasteiger partial charge in [0.05, 0.1) is 28.8 Å². The van der Waals surface area contributed by atoms with Crippen LogP contribution in [0.15, 0.2) is 79.0 Å². The summed E-state index contributed by atoms with van der Waals surface area (Å²) in [6.45, 7) is 5.39. The molecule has 0 aliphatic carbocycles. The Bertz CT molecular complexity index is 3250. The van der Waals surface area contributed by atoms with Crippen LogP contribution in [0, 0.1) is 5.41 Å². The van der Waals surface area contributed by atoms with E-state index in [4.69, 9.17) is 11.1 Å². The minimum absolute atomic E-state index is 0.00262. The van der Waals surface area contributed by atoms with Crippen molar-refractivity contribution < 1.29 is 38.4 Å². The van der Waals surface area contributed by atoms with Crippen molar-refractivity contribution in [1.29, 1.82) is 5.41 Å². The number of aromatic nitrogens is 9. The van der Waals surface area contributed by atoms with E-state index >= 15 is 0 Å². The molecule has 0 unspecified atom stereocenters. The highest BCUT2D eigenvalue weighted by atomic mass is 16.2. The predicted molar refractivity (Wildman–Crippen MR) is 280 cm³/mol. The second kappa shape index (κ2) is 24.7. The Kier molecular flexibility index (Phi) is 18.0. The maximum Gasteiger partial charge on any atom is 0.291 e. The standard InChI is InChI=1S/C47H59N21O8/c1-9-50-26(2)55-38(49)31-18-27(21-64(31)4)56-36(69)11-15-54-45(74)40-61-35(25-67(40)7)62-42(71)30(48)10-13-52-43(72)32-20-29(23-66(32)6)58-47(76)41-60-34(24-68(41)8)59-37(70)12-14-53-44(73)33-19-28(22-65(33)5)57-46(75)39-51-16-17-63(39)3/h9,16-25,30H,2,10-15,48H2,1,3-8H3,(H2,49,55)(H,52,72)(H,53,73)(H,54,74)(H,56,69)(H,57,75)(H,58,76)(H,59,70)(H,62,71)/b50-9+/t30-/m1/s1. The molecule has 400 valence electrons. The number of nitrogens with two attached hydrogens (primary N) is 1. The van der Waals surface area contributed by atoms with E-state index in [1.54, 1.807) is 83.0 Å². The molecule has 76 heavy (non-hydrogen) atoms. The van der Waals surface area contributed by atoms with E-state index < -0.39 is 47.4 Å². The molecule has 6 heterocycles. The fraction of sp³-hybridized carbons (Fsp3) is 0.298. The summed E-state index contributed by atoms with van der Waals surface area (Å²) >= 11 is 0. The monoisotopic (exact) mass is 1050 g/mol. The summed E-state index contributed by atoms with van der Waals surface area (Å²) in [6.07, 6.45) is 12.1. The summed E-state index contributed by atoms with van der Waals surface area (Å²) in [5.74, 6) is -3.61. The predicted octanol–water partition coefficient (Wildman–Crippen LogP) is 0.487. The van der Waals surface area contributed by atoms with Gasteiger partial charge in [0, 0.05) is 124 Å². The number of nitrogens with zero attached hydrogens (tertiary/aromatic N) is 10. The van der Waals surface area contributed by atoms with Crippen LogP contribution in [0.25, 0.3) is 0 Å². The van der Waals surface area contributed by atoms with Gasteiger partial charge in [0.15, 0.2) is 17.5 Å². The summed E-state index contributed by atoms with van der Waals surface area (Å²) in [7, 11) is 9.74. The minimum Gasteiger partial charge on any atom is -0.351 e. The van der Waals surface area contributed by atoms with Gasteiger partial charge in [0.2, 0.25) is 29.4 Å². The molecule has 29 nitrogen and oxygen atoms in total. The summed E-state index contributed by atoms with van der Waals surface area (Å²) < 4.78 is 9.02. The average Bonchev–Trinajstić information content (AvgIpc) is 4.22. The topological polar surface area (TPSA) is 375 Å². The molecular weight excluding hydrogens is 987 g/mol. The van der Waals surface area contributed by atoms with E-state index in [1.165, 1.54) is 61.4 Å². The van der Waals surface area contributed by atoms with Crippen LogP contribution < -0.4 is 53.6 Å². The zero-order valence-corrected chi connectivity index (χ0v) is 42.7. The van der Waals surface area contributed by atoms with Crippen LogP contribution in [0.1, 0.15) is 84.7 Å². The Morgan fingerprint density at radius 2 is 1.08 bits per heavy atom. The molecular formula is C47H59N21O8. The molecule has 0 bridgehead atoms. The number of hydrogen-bond donors (Lipinski definition) is 11. The average molecular weight is 1050 g/mol. The van der Waals surface area contributed by atoms with Crippen molar-refractivity contribution in [2.24, 2.45) is 53.0 Å². The van der Waals surface area contributed by atoms with Gasteiger partial charge >= 0.3 is 0 Å². The quantitative estimate of drug-likeness (QED) is 0.0308. The molecule has 6 rings (SSSR count). The van der Waals surface area contributed by atoms with Gasteiger partial charge in [-0.05, 0) is 31.5 Å². The smallest absolute Gasteiger partial charge is 0.291 e. The first-order valence-corrected chi connectivity index (χ1v) is 23.3. The van der Waals surface area contributed by atoms with Crippen LogP contribution >= 0.6 is 0 Å². The van der Waals surface area contributed by atoms with Crippen molar-refractivity contribution in [2.45, 2.75) is 32.2 Å². The second-order valence-corrected chi connectivity index (χ2v) is 17.1. The number of hydrogen-bond acceptors (Lipinski definition) is 14. The lowest BCUT2D eigenvalue weighted by atomic mass is 10.2. The number of imidazole rings is 3. The lowest BCUT2D eigenvalue weighted by molar-refractivity contribution is -0.118. The molecule has 0 fully saturated rings. The van der Waals surface area contributed by atoms with Gasteiger partial charge in [-0.2, -0.15) is 0 Å². The number of carbonyl (C=O) groups is 8.